The molecule has 0 aliphatic carbocycles. The van der Waals surface area contributed by atoms with Gasteiger partial charge in [0.1, 0.15) is 0 Å². The monoisotopic (exact) mass is 268 g/mol. The molecule has 3 amide bonds. The summed E-state index contributed by atoms with van der Waals surface area (Å²) in [5, 5.41) is 1.26. The van der Waals surface area contributed by atoms with Crippen molar-refractivity contribution in [2.45, 2.75) is 5.85 Å². The second-order valence-electron chi connectivity index (χ2n) is 3.49. The molecule has 0 radical (unpaired) electrons. The molecule has 1 atom stereocenters. The maximum Gasteiger partial charge on any atom is 0.380 e. The van der Waals surface area contributed by atoms with Gasteiger partial charge in [0.15, 0.2) is 11.5 Å². The van der Waals surface area contributed by atoms with Gasteiger partial charge in [0.25, 0.3) is 0 Å². The number of hydrogen-bond donors (Lipinski definition) is 0. The summed E-state index contributed by atoms with van der Waals surface area (Å²) in [7, 11) is 3.69. The van der Waals surface area contributed by atoms with Gasteiger partial charge in [0, 0.05) is 7.11 Å². The van der Waals surface area contributed by atoms with E-state index in [1.807, 2.05) is 0 Å². The van der Waals surface area contributed by atoms with Crippen LogP contribution in [0.25, 0.3) is 0 Å². The fourth-order valence-corrected chi connectivity index (χ4v) is 1.82. The zero-order valence-corrected chi connectivity index (χ0v) is 10.6. The number of rotatable bonds is 4. The number of urea groups is 1. The maximum absolute atomic E-state index is 12.1. The fraction of sp³-hybridized carbons (Fsp3) is 0.400. The predicted octanol–water partition coefficient (Wildman–Crippen LogP) is -0.287. The van der Waals surface area contributed by atoms with E-state index in [4.69, 9.17) is 14.4 Å². The number of hydrogen-bond acceptors (Lipinski definition) is 7. The Morgan fingerprint density at radius 3 is 2.42 bits per heavy atom. The first-order chi connectivity index (χ1) is 9.05. The first-order valence-corrected chi connectivity index (χ1v) is 5.19. The van der Waals surface area contributed by atoms with Crippen LogP contribution in [0.5, 0.6) is 0 Å². The number of amidine groups is 1. The Bertz CT molecular complexity index is 514. The zero-order chi connectivity index (χ0) is 14.2. The minimum absolute atomic E-state index is 0.145. The lowest BCUT2D eigenvalue weighted by Gasteiger charge is -2.40. The van der Waals surface area contributed by atoms with Gasteiger partial charge in [-0.15, -0.1) is 10.1 Å². The minimum Gasteiger partial charge on any atom is -0.333 e. The van der Waals surface area contributed by atoms with Gasteiger partial charge < -0.3 is 4.74 Å². The predicted molar refractivity (Wildman–Crippen MR) is 62.9 cm³/mol. The highest BCUT2D eigenvalue weighted by molar-refractivity contribution is 6.48. The van der Waals surface area contributed by atoms with Gasteiger partial charge in [-0.05, 0) is 6.08 Å². The topological polar surface area (TPSA) is 93.0 Å². The molecule has 0 bridgehead atoms. The maximum atomic E-state index is 12.1. The van der Waals surface area contributed by atoms with Gasteiger partial charge in [-0.1, -0.05) is 6.58 Å². The normalized spacial score (nSPS) is 26.3. The van der Waals surface area contributed by atoms with Crippen LogP contribution >= 0.6 is 0 Å². The molecule has 9 nitrogen and oxygen atoms in total. The molecule has 1 fully saturated rings. The Labute approximate surface area is 108 Å². The average molecular weight is 268 g/mol. The standard InChI is InChI=1S/C10H12N4O5/c1-5-6-11-7-8(15)13(18-3)9(16)14(19-4)10(7,12-6)17-2/h5H,1H2,2-4H3. The highest BCUT2D eigenvalue weighted by Gasteiger charge is 2.60. The van der Waals surface area contributed by atoms with Gasteiger partial charge in [-0.3, -0.25) is 14.5 Å². The Balaban J connectivity index is 2.60. The van der Waals surface area contributed by atoms with E-state index in [1.165, 1.54) is 27.4 Å². The number of nitrogens with zero attached hydrogens (tertiary/aromatic N) is 4. The SMILES string of the molecule is C=CC1=NC2(OC)C(=N1)C(=O)N(OC)C(=O)N2OC. The molecule has 0 saturated carbocycles. The molecule has 0 N–H and O–H groups in total. The summed E-state index contributed by atoms with van der Waals surface area (Å²) in [5.41, 5.74) is -0.145. The van der Waals surface area contributed by atoms with Crippen molar-refractivity contribution in [3.05, 3.63) is 12.7 Å². The number of methoxy groups -OCH3 is 1. The van der Waals surface area contributed by atoms with Crippen molar-refractivity contribution in [3.8, 4) is 0 Å². The van der Waals surface area contributed by atoms with Gasteiger partial charge in [-0.2, -0.15) is 0 Å². The number of fused-ring (bicyclic) bond motifs is 1. The number of hydroxylamine groups is 4. The van der Waals surface area contributed by atoms with Crippen LogP contribution in [0, 0.1) is 0 Å². The summed E-state index contributed by atoms with van der Waals surface area (Å²) in [6.45, 7) is 3.51. The Kier molecular flexibility index (Phi) is 3.18. The van der Waals surface area contributed by atoms with Crippen molar-refractivity contribution in [1.29, 1.82) is 0 Å². The van der Waals surface area contributed by atoms with Crippen LogP contribution in [-0.2, 0) is 19.2 Å². The number of ether oxygens (including phenoxy) is 1. The lowest BCUT2D eigenvalue weighted by molar-refractivity contribution is -0.246. The van der Waals surface area contributed by atoms with E-state index >= 15 is 0 Å². The molecule has 0 aromatic heterocycles. The minimum atomic E-state index is -1.75. The van der Waals surface area contributed by atoms with E-state index in [0.717, 1.165) is 5.06 Å². The Morgan fingerprint density at radius 1 is 1.26 bits per heavy atom. The van der Waals surface area contributed by atoms with Crippen molar-refractivity contribution in [2.75, 3.05) is 21.3 Å². The van der Waals surface area contributed by atoms with Crippen molar-refractivity contribution in [1.82, 2.24) is 10.1 Å². The van der Waals surface area contributed by atoms with Crippen LogP contribution < -0.4 is 0 Å². The summed E-state index contributed by atoms with van der Waals surface area (Å²) >= 11 is 0. The van der Waals surface area contributed by atoms with Crippen molar-refractivity contribution in [2.24, 2.45) is 9.98 Å². The zero-order valence-electron chi connectivity index (χ0n) is 10.6. The van der Waals surface area contributed by atoms with E-state index in [9.17, 15) is 9.59 Å². The smallest absolute Gasteiger partial charge is 0.333 e. The number of carbonyl (C=O) groups is 2. The molecule has 0 aromatic carbocycles. The first-order valence-electron chi connectivity index (χ1n) is 5.19. The third kappa shape index (κ3) is 1.59. The van der Waals surface area contributed by atoms with Crippen LogP contribution in [0.15, 0.2) is 22.6 Å². The molecular weight excluding hydrogens is 256 g/mol. The molecule has 0 aromatic rings. The summed E-state index contributed by atoms with van der Waals surface area (Å²) in [6, 6.07) is -0.870. The van der Waals surface area contributed by atoms with Crippen LogP contribution in [-0.4, -0.2) is 60.8 Å². The van der Waals surface area contributed by atoms with Gasteiger partial charge in [0.2, 0.25) is 0 Å². The molecule has 2 heterocycles. The largest absolute Gasteiger partial charge is 0.380 e. The second kappa shape index (κ2) is 4.53. The third-order valence-electron chi connectivity index (χ3n) is 2.64. The summed E-state index contributed by atoms with van der Waals surface area (Å²) < 4.78 is 5.18. The van der Waals surface area contributed by atoms with Crippen LogP contribution in [0.4, 0.5) is 4.79 Å². The van der Waals surface area contributed by atoms with E-state index in [2.05, 4.69) is 16.6 Å². The van der Waals surface area contributed by atoms with E-state index in [1.54, 1.807) is 0 Å². The molecule has 2 aliphatic rings. The highest BCUT2D eigenvalue weighted by Crippen LogP contribution is 2.32. The second-order valence-corrected chi connectivity index (χ2v) is 3.49. The van der Waals surface area contributed by atoms with Crippen molar-refractivity contribution < 1.29 is 24.0 Å². The molecule has 102 valence electrons. The molecule has 9 heteroatoms. The summed E-state index contributed by atoms with van der Waals surface area (Å²) in [6.07, 6.45) is 1.33. The molecule has 2 aliphatic heterocycles. The van der Waals surface area contributed by atoms with Gasteiger partial charge in [0.05, 0.1) is 14.2 Å². The molecule has 2 rings (SSSR count). The van der Waals surface area contributed by atoms with Gasteiger partial charge in [-0.25, -0.2) is 14.8 Å². The number of carbonyl (C=O) groups excluding carboxylic acids is 2. The molecular formula is C10H12N4O5. The Morgan fingerprint density at radius 2 is 1.95 bits per heavy atom. The lowest BCUT2D eigenvalue weighted by atomic mass is 10.2. The van der Waals surface area contributed by atoms with Crippen LogP contribution in [0.3, 0.4) is 0 Å². The van der Waals surface area contributed by atoms with Crippen molar-refractivity contribution in [3.63, 3.8) is 0 Å². The Hall–Kier alpha value is -2.10. The van der Waals surface area contributed by atoms with E-state index in [0.29, 0.717) is 5.06 Å². The molecule has 1 unspecified atom stereocenters. The lowest BCUT2D eigenvalue weighted by Crippen LogP contribution is -2.68. The first kappa shape index (κ1) is 13.3. The summed E-state index contributed by atoms with van der Waals surface area (Å²) in [5.74, 6) is -2.37. The molecule has 0 spiro atoms. The molecule has 1 saturated heterocycles. The van der Waals surface area contributed by atoms with E-state index in [-0.39, 0.29) is 11.5 Å². The quantitative estimate of drug-likeness (QED) is 0.698. The average Bonchev–Trinajstić information content (AvgIpc) is 2.80. The highest BCUT2D eigenvalue weighted by atomic mass is 16.8. The summed E-state index contributed by atoms with van der Waals surface area (Å²) in [4.78, 5) is 41.8. The van der Waals surface area contributed by atoms with Crippen LogP contribution in [0.2, 0.25) is 0 Å². The van der Waals surface area contributed by atoms with Crippen LogP contribution in [0.1, 0.15) is 0 Å². The number of amides is 3. The number of imide groups is 1. The molecule has 19 heavy (non-hydrogen) atoms. The van der Waals surface area contributed by atoms with Crippen molar-refractivity contribution >= 4 is 23.5 Å². The van der Waals surface area contributed by atoms with Gasteiger partial charge >= 0.3 is 17.8 Å². The third-order valence-corrected chi connectivity index (χ3v) is 2.64. The van der Waals surface area contributed by atoms with E-state index < -0.39 is 17.8 Å². The number of aliphatic imine (C=N–C) groups is 2. The fourth-order valence-electron chi connectivity index (χ4n) is 1.82.